The largest absolute Gasteiger partial charge is 0.480 e. The van der Waals surface area contributed by atoms with E-state index in [1.54, 1.807) is 6.92 Å². The van der Waals surface area contributed by atoms with E-state index in [4.69, 9.17) is 5.11 Å². The Bertz CT molecular complexity index is 322. The van der Waals surface area contributed by atoms with E-state index in [2.05, 4.69) is 15.5 Å². The Hall–Kier alpha value is -1.30. The third-order valence-electron chi connectivity index (χ3n) is 3.34. The molecule has 0 aromatic rings. The number of carboxylic acid groups (broad SMARTS) is 1. The standard InChI is InChI=1S/C12H23N3O3/c1-4-6-12(2,10(16)17)14-11(18)13-9-5-7-15(3)8-9/h9H,4-8H2,1-3H3,(H,16,17)(H2,13,14,18). The average Bonchev–Trinajstić information content (AvgIpc) is 2.63. The molecule has 6 nitrogen and oxygen atoms in total. The second-order valence-corrected chi connectivity index (χ2v) is 5.23. The zero-order chi connectivity index (χ0) is 13.8. The maximum Gasteiger partial charge on any atom is 0.329 e. The number of hydrogen-bond donors (Lipinski definition) is 3. The van der Waals surface area contributed by atoms with Crippen molar-refractivity contribution < 1.29 is 14.7 Å². The van der Waals surface area contributed by atoms with E-state index in [9.17, 15) is 9.59 Å². The van der Waals surface area contributed by atoms with Crippen molar-refractivity contribution in [1.82, 2.24) is 15.5 Å². The van der Waals surface area contributed by atoms with Crippen LogP contribution in [0.2, 0.25) is 0 Å². The lowest BCUT2D eigenvalue weighted by molar-refractivity contribution is -0.144. The van der Waals surface area contributed by atoms with Crippen LogP contribution in [0.15, 0.2) is 0 Å². The van der Waals surface area contributed by atoms with Crippen molar-refractivity contribution in [2.24, 2.45) is 0 Å². The molecule has 2 atom stereocenters. The fourth-order valence-corrected chi connectivity index (χ4v) is 2.25. The number of hydrogen-bond acceptors (Lipinski definition) is 3. The highest BCUT2D eigenvalue weighted by atomic mass is 16.4. The molecular weight excluding hydrogens is 234 g/mol. The summed E-state index contributed by atoms with van der Waals surface area (Å²) >= 11 is 0. The highest BCUT2D eigenvalue weighted by Crippen LogP contribution is 2.13. The lowest BCUT2D eigenvalue weighted by Gasteiger charge is -2.26. The molecule has 1 rings (SSSR count). The summed E-state index contributed by atoms with van der Waals surface area (Å²) in [7, 11) is 2.00. The first-order chi connectivity index (χ1) is 8.37. The van der Waals surface area contributed by atoms with Crippen molar-refractivity contribution in [1.29, 1.82) is 0 Å². The summed E-state index contributed by atoms with van der Waals surface area (Å²) in [5.74, 6) is -0.997. The van der Waals surface area contributed by atoms with Crippen LogP contribution in [-0.2, 0) is 4.79 Å². The number of nitrogens with one attached hydrogen (secondary N) is 2. The molecule has 1 fully saturated rings. The number of urea groups is 1. The van der Waals surface area contributed by atoms with Crippen molar-refractivity contribution in [3.05, 3.63) is 0 Å². The van der Waals surface area contributed by atoms with Crippen LogP contribution in [0.4, 0.5) is 4.79 Å². The Balaban J connectivity index is 2.49. The molecule has 0 aromatic carbocycles. The molecule has 3 N–H and O–H groups in total. The van der Waals surface area contributed by atoms with Crippen molar-refractivity contribution in [3.63, 3.8) is 0 Å². The molecule has 2 amide bonds. The molecule has 1 saturated heterocycles. The summed E-state index contributed by atoms with van der Waals surface area (Å²) in [6.45, 7) is 5.20. The summed E-state index contributed by atoms with van der Waals surface area (Å²) in [6.07, 6.45) is 2.02. The molecule has 18 heavy (non-hydrogen) atoms. The van der Waals surface area contributed by atoms with Crippen molar-refractivity contribution in [3.8, 4) is 0 Å². The second-order valence-electron chi connectivity index (χ2n) is 5.23. The normalized spacial score (nSPS) is 23.4. The van der Waals surface area contributed by atoms with Crippen LogP contribution in [0, 0.1) is 0 Å². The van der Waals surface area contributed by atoms with Crippen LogP contribution in [0.3, 0.4) is 0 Å². The van der Waals surface area contributed by atoms with Crippen LogP contribution in [-0.4, -0.2) is 53.7 Å². The maximum absolute atomic E-state index is 11.8. The first-order valence-electron chi connectivity index (χ1n) is 6.38. The zero-order valence-corrected chi connectivity index (χ0v) is 11.3. The Morgan fingerprint density at radius 2 is 2.17 bits per heavy atom. The topological polar surface area (TPSA) is 81.7 Å². The van der Waals surface area contributed by atoms with Gasteiger partial charge in [0.2, 0.25) is 0 Å². The molecule has 0 aliphatic carbocycles. The van der Waals surface area contributed by atoms with Gasteiger partial charge in [-0.2, -0.15) is 0 Å². The fraction of sp³-hybridized carbons (Fsp3) is 0.833. The molecule has 104 valence electrons. The zero-order valence-electron chi connectivity index (χ0n) is 11.3. The predicted molar refractivity (Wildman–Crippen MR) is 68.5 cm³/mol. The van der Waals surface area contributed by atoms with Gasteiger partial charge < -0.3 is 20.6 Å². The van der Waals surface area contributed by atoms with E-state index in [1.165, 1.54) is 0 Å². The van der Waals surface area contributed by atoms with Gasteiger partial charge in [0, 0.05) is 12.6 Å². The number of carboxylic acids is 1. The molecule has 0 aromatic heterocycles. The number of likely N-dealkylation sites (tertiary alicyclic amines) is 1. The van der Waals surface area contributed by atoms with Gasteiger partial charge in [0.1, 0.15) is 5.54 Å². The van der Waals surface area contributed by atoms with Gasteiger partial charge in [-0.1, -0.05) is 13.3 Å². The molecule has 0 saturated carbocycles. The highest BCUT2D eigenvalue weighted by molar-refractivity contribution is 5.85. The van der Waals surface area contributed by atoms with Gasteiger partial charge in [0.05, 0.1) is 0 Å². The Morgan fingerprint density at radius 3 is 2.61 bits per heavy atom. The van der Waals surface area contributed by atoms with Gasteiger partial charge >= 0.3 is 12.0 Å². The molecule has 1 aliphatic heterocycles. The van der Waals surface area contributed by atoms with Crippen LogP contribution >= 0.6 is 0 Å². The monoisotopic (exact) mass is 257 g/mol. The van der Waals surface area contributed by atoms with Crippen molar-refractivity contribution in [2.75, 3.05) is 20.1 Å². The Labute approximate surface area is 108 Å². The summed E-state index contributed by atoms with van der Waals surface area (Å²) in [5, 5.41) is 14.6. The highest BCUT2D eigenvalue weighted by Gasteiger charge is 2.34. The summed E-state index contributed by atoms with van der Waals surface area (Å²) < 4.78 is 0. The molecule has 1 heterocycles. The quantitative estimate of drug-likeness (QED) is 0.675. The lowest BCUT2D eigenvalue weighted by atomic mass is 9.96. The van der Waals surface area contributed by atoms with Crippen molar-refractivity contribution in [2.45, 2.75) is 44.7 Å². The predicted octanol–water partition coefficient (Wildman–Crippen LogP) is 0.633. The third-order valence-corrected chi connectivity index (χ3v) is 3.34. The molecular formula is C12H23N3O3. The van der Waals surface area contributed by atoms with E-state index in [0.29, 0.717) is 12.8 Å². The Morgan fingerprint density at radius 1 is 1.50 bits per heavy atom. The van der Waals surface area contributed by atoms with Crippen LogP contribution in [0.25, 0.3) is 0 Å². The number of nitrogens with zero attached hydrogens (tertiary/aromatic N) is 1. The third kappa shape index (κ3) is 3.87. The first kappa shape index (κ1) is 14.8. The molecule has 1 aliphatic rings. The van der Waals surface area contributed by atoms with E-state index in [0.717, 1.165) is 19.5 Å². The van der Waals surface area contributed by atoms with Gasteiger partial charge in [-0.3, -0.25) is 0 Å². The first-order valence-corrected chi connectivity index (χ1v) is 6.38. The van der Waals surface area contributed by atoms with Gasteiger partial charge in [-0.05, 0) is 33.4 Å². The number of likely N-dealkylation sites (N-methyl/N-ethyl adjacent to an activating group) is 1. The smallest absolute Gasteiger partial charge is 0.329 e. The number of aliphatic carboxylic acids is 1. The van der Waals surface area contributed by atoms with E-state index < -0.39 is 17.5 Å². The average molecular weight is 257 g/mol. The fourth-order valence-electron chi connectivity index (χ4n) is 2.25. The molecule has 6 heteroatoms. The van der Waals surface area contributed by atoms with Gasteiger partial charge in [0.25, 0.3) is 0 Å². The van der Waals surface area contributed by atoms with Crippen LogP contribution < -0.4 is 10.6 Å². The molecule has 0 radical (unpaired) electrons. The van der Waals surface area contributed by atoms with E-state index in [-0.39, 0.29) is 6.04 Å². The molecule has 2 unspecified atom stereocenters. The number of carbonyl (C=O) groups excluding carboxylic acids is 1. The minimum Gasteiger partial charge on any atom is -0.480 e. The van der Waals surface area contributed by atoms with Gasteiger partial charge in [0.15, 0.2) is 0 Å². The Kier molecular flexibility index (Phi) is 4.95. The van der Waals surface area contributed by atoms with Gasteiger partial charge in [-0.25, -0.2) is 9.59 Å². The minimum atomic E-state index is -1.19. The van der Waals surface area contributed by atoms with Gasteiger partial charge in [-0.15, -0.1) is 0 Å². The van der Waals surface area contributed by atoms with Crippen LogP contribution in [0.1, 0.15) is 33.1 Å². The molecule has 0 bridgehead atoms. The second kappa shape index (κ2) is 6.04. The minimum absolute atomic E-state index is 0.106. The van der Waals surface area contributed by atoms with E-state index in [1.807, 2.05) is 14.0 Å². The number of rotatable bonds is 5. The lowest BCUT2D eigenvalue weighted by Crippen LogP contribution is -2.56. The maximum atomic E-state index is 11.8. The number of amides is 2. The summed E-state index contributed by atoms with van der Waals surface area (Å²) in [5.41, 5.74) is -1.19. The van der Waals surface area contributed by atoms with E-state index >= 15 is 0 Å². The van der Waals surface area contributed by atoms with Crippen molar-refractivity contribution >= 4 is 12.0 Å². The SMILES string of the molecule is CCCC(C)(NC(=O)NC1CCN(C)C1)C(=O)O. The molecule has 0 spiro atoms. The summed E-state index contributed by atoms with van der Waals surface area (Å²) in [4.78, 5) is 25.1. The summed E-state index contributed by atoms with van der Waals surface area (Å²) in [6, 6.07) is -0.289. The number of carbonyl (C=O) groups is 2. The van der Waals surface area contributed by atoms with Crippen LogP contribution in [0.5, 0.6) is 0 Å².